The Hall–Kier alpha value is -3.76. The lowest BCUT2D eigenvalue weighted by Crippen LogP contribution is -2.36. The van der Waals surface area contributed by atoms with Gasteiger partial charge in [-0.3, -0.25) is 9.59 Å². The van der Waals surface area contributed by atoms with Crippen molar-refractivity contribution in [3.63, 3.8) is 0 Å². The quantitative estimate of drug-likeness (QED) is 0.165. The van der Waals surface area contributed by atoms with Crippen LogP contribution in [-0.4, -0.2) is 84.8 Å². The second-order valence-corrected chi connectivity index (χ2v) is 11.3. The number of likely N-dealkylation sites (tertiary alicyclic amines) is 2. The summed E-state index contributed by atoms with van der Waals surface area (Å²) in [6.45, 7) is 4.67. The third-order valence-corrected chi connectivity index (χ3v) is 8.03. The molecule has 2 atom stereocenters. The molecular formula is C34H40F2N2O6. The minimum atomic E-state index is -1.13. The number of rotatable bonds is 14. The molecule has 0 radical (unpaired) electrons. The molecule has 2 heterocycles. The van der Waals surface area contributed by atoms with Crippen LogP contribution in [-0.2, 0) is 19.1 Å². The zero-order valence-corrected chi connectivity index (χ0v) is 24.9. The number of hydrogen-bond donors (Lipinski definition) is 0. The highest BCUT2D eigenvalue weighted by molar-refractivity contribution is 6.02. The van der Waals surface area contributed by atoms with Gasteiger partial charge in [0.1, 0.15) is 11.6 Å². The van der Waals surface area contributed by atoms with Crippen LogP contribution < -0.4 is 0 Å². The average molecular weight is 611 g/mol. The van der Waals surface area contributed by atoms with E-state index in [9.17, 15) is 28.0 Å². The molecule has 10 heteroatoms. The number of carbonyl (C=O) groups excluding carboxylic acids is 4. The fourth-order valence-corrected chi connectivity index (χ4v) is 5.55. The van der Waals surface area contributed by atoms with E-state index in [0.717, 1.165) is 76.9 Å². The number of ketones is 2. The molecule has 2 saturated heterocycles. The molecule has 236 valence electrons. The highest BCUT2D eigenvalue weighted by Crippen LogP contribution is 2.17. The second-order valence-electron chi connectivity index (χ2n) is 11.3. The molecule has 0 aromatic heterocycles. The number of carbonyl (C=O) groups is 4. The number of halogens is 2. The first-order valence-corrected chi connectivity index (χ1v) is 15.4. The van der Waals surface area contributed by atoms with Crippen molar-refractivity contribution in [3.05, 3.63) is 83.4 Å². The molecule has 44 heavy (non-hydrogen) atoms. The smallest absolute Gasteiger partial charge is 0.331 e. The first-order valence-electron chi connectivity index (χ1n) is 15.4. The minimum Gasteiger partial charge on any atom is -0.451 e. The Morgan fingerprint density at radius 3 is 1.27 bits per heavy atom. The monoisotopic (exact) mass is 610 g/mol. The highest BCUT2D eigenvalue weighted by atomic mass is 19.1. The number of Topliss-reactive ketones (excluding diaryl/α,β-unsaturated/α-hetero) is 2. The lowest BCUT2D eigenvalue weighted by atomic mass is 10.0. The van der Waals surface area contributed by atoms with Gasteiger partial charge in [0, 0.05) is 49.2 Å². The largest absolute Gasteiger partial charge is 0.451 e. The molecule has 2 aromatic carbocycles. The maximum atomic E-state index is 13.4. The Morgan fingerprint density at radius 1 is 0.591 bits per heavy atom. The van der Waals surface area contributed by atoms with Crippen LogP contribution in [0.2, 0.25) is 0 Å². The summed E-state index contributed by atoms with van der Waals surface area (Å²) in [7, 11) is 0. The molecule has 2 fully saturated rings. The Bertz CT molecular complexity index is 1190. The Balaban J connectivity index is 1.39. The van der Waals surface area contributed by atoms with Crippen LogP contribution in [0.5, 0.6) is 0 Å². The molecule has 0 spiro atoms. The van der Waals surface area contributed by atoms with E-state index in [1.54, 1.807) is 0 Å². The van der Waals surface area contributed by atoms with E-state index in [-0.39, 0.29) is 24.0 Å². The number of esters is 2. The van der Waals surface area contributed by atoms with Crippen molar-refractivity contribution in [2.45, 2.75) is 63.6 Å². The van der Waals surface area contributed by atoms with Crippen molar-refractivity contribution in [2.24, 2.45) is 0 Å². The lowest BCUT2D eigenvalue weighted by molar-refractivity contribution is -0.144. The van der Waals surface area contributed by atoms with Gasteiger partial charge in [0.2, 0.25) is 11.6 Å². The van der Waals surface area contributed by atoms with E-state index in [2.05, 4.69) is 9.80 Å². The maximum Gasteiger partial charge on any atom is 0.331 e. The van der Waals surface area contributed by atoms with E-state index in [1.165, 1.54) is 48.5 Å². The van der Waals surface area contributed by atoms with Crippen molar-refractivity contribution >= 4 is 23.5 Å². The fraction of sp³-hybridized carbons (Fsp3) is 0.471. The van der Waals surface area contributed by atoms with E-state index in [4.69, 9.17) is 9.47 Å². The number of hydrogen-bond acceptors (Lipinski definition) is 8. The molecule has 0 aliphatic carbocycles. The van der Waals surface area contributed by atoms with Crippen LogP contribution >= 0.6 is 0 Å². The molecule has 0 amide bonds. The van der Waals surface area contributed by atoms with Crippen molar-refractivity contribution in [3.8, 4) is 0 Å². The van der Waals surface area contributed by atoms with E-state index in [0.29, 0.717) is 13.1 Å². The molecule has 2 aliphatic rings. The molecule has 0 N–H and O–H groups in total. The zero-order valence-electron chi connectivity index (χ0n) is 24.9. The van der Waals surface area contributed by atoms with Gasteiger partial charge in [0.25, 0.3) is 0 Å². The van der Waals surface area contributed by atoms with E-state index < -0.39 is 47.3 Å². The number of ether oxygens (including phenoxy) is 2. The van der Waals surface area contributed by atoms with Crippen LogP contribution in [0.3, 0.4) is 0 Å². The van der Waals surface area contributed by atoms with Gasteiger partial charge in [0.05, 0.1) is 0 Å². The normalized spacial score (nSPS) is 17.6. The van der Waals surface area contributed by atoms with Gasteiger partial charge in [-0.25, -0.2) is 18.4 Å². The number of nitrogens with zero attached hydrogens (tertiary/aromatic N) is 2. The zero-order chi connectivity index (χ0) is 31.3. The Labute approximate surface area is 257 Å². The van der Waals surface area contributed by atoms with Gasteiger partial charge < -0.3 is 19.3 Å². The van der Waals surface area contributed by atoms with Gasteiger partial charge in [-0.05, 0) is 100 Å². The summed E-state index contributed by atoms with van der Waals surface area (Å²) in [4.78, 5) is 56.3. The summed E-state index contributed by atoms with van der Waals surface area (Å²) in [5, 5.41) is 0. The van der Waals surface area contributed by atoms with Crippen molar-refractivity contribution in [1.82, 2.24) is 9.80 Å². The lowest BCUT2D eigenvalue weighted by Gasteiger charge is -2.28. The molecular weight excluding hydrogens is 570 g/mol. The standard InChI is InChI=1S/C34H40F2N2O6/c35-27-11-7-25(8-12-27)33(41)29(17-23-37-19-3-1-4-20-37)43-31(39)15-16-32(40)44-30(18-24-38-21-5-2-6-22-38)34(42)26-9-13-28(36)14-10-26/h7-16,29-30H,1-6,17-24H2/b16-15-. The number of benzene rings is 2. The van der Waals surface area contributed by atoms with Crippen molar-refractivity contribution in [1.29, 1.82) is 0 Å². The number of piperidine rings is 2. The van der Waals surface area contributed by atoms with Crippen LogP contribution in [0, 0.1) is 11.6 Å². The van der Waals surface area contributed by atoms with Crippen molar-refractivity contribution in [2.75, 3.05) is 39.3 Å². The Morgan fingerprint density at radius 2 is 0.932 bits per heavy atom. The van der Waals surface area contributed by atoms with Gasteiger partial charge >= 0.3 is 11.9 Å². The summed E-state index contributed by atoms with van der Waals surface area (Å²) in [6.07, 6.45) is 6.51. The van der Waals surface area contributed by atoms with Crippen LogP contribution in [0.25, 0.3) is 0 Å². The van der Waals surface area contributed by atoms with Crippen LogP contribution in [0.15, 0.2) is 60.7 Å². The van der Waals surface area contributed by atoms with Gasteiger partial charge in [-0.15, -0.1) is 0 Å². The first-order chi connectivity index (χ1) is 21.3. The predicted molar refractivity (Wildman–Crippen MR) is 160 cm³/mol. The van der Waals surface area contributed by atoms with Crippen LogP contribution in [0.1, 0.15) is 72.1 Å². The molecule has 2 unspecified atom stereocenters. The summed E-state index contributed by atoms with van der Waals surface area (Å²) < 4.78 is 37.8. The second kappa shape index (κ2) is 16.9. The third-order valence-electron chi connectivity index (χ3n) is 8.03. The molecule has 8 nitrogen and oxygen atoms in total. The molecule has 0 saturated carbocycles. The SMILES string of the molecule is O=C(/C=C\C(=O)OC(CCN1CCCCC1)C(=O)c1ccc(F)cc1)OC(CCN1CCCCC1)C(=O)c1ccc(F)cc1. The summed E-state index contributed by atoms with van der Waals surface area (Å²) in [6, 6.07) is 10.0. The van der Waals surface area contributed by atoms with Gasteiger partial charge in [0.15, 0.2) is 12.2 Å². The first kappa shape index (κ1) is 33.1. The van der Waals surface area contributed by atoms with Crippen LogP contribution in [0.4, 0.5) is 8.78 Å². The van der Waals surface area contributed by atoms with E-state index in [1.807, 2.05) is 0 Å². The fourth-order valence-electron chi connectivity index (χ4n) is 5.55. The van der Waals surface area contributed by atoms with Gasteiger partial charge in [-0.1, -0.05) is 12.8 Å². The predicted octanol–water partition coefficient (Wildman–Crippen LogP) is 5.16. The topological polar surface area (TPSA) is 93.2 Å². The molecule has 0 bridgehead atoms. The molecule has 4 rings (SSSR count). The average Bonchev–Trinajstić information content (AvgIpc) is 3.05. The minimum absolute atomic E-state index is 0.210. The maximum absolute atomic E-state index is 13.4. The van der Waals surface area contributed by atoms with Gasteiger partial charge in [-0.2, -0.15) is 0 Å². The third kappa shape index (κ3) is 10.4. The summed E-state index contributed by atoms with van der Waals surface area (Å²) >= 11 is 0. The summed E-state index contributed by atoms with van der Waals surface area (Å²) in [5.41, 5.74) is 0.421. The van der Waals surface area contributed by atoms with E-state index >= 15 is 0 Å². The molecule has 2 aromatic rings. The molecule has 2 aliphatic heterocycles. The summed E-state index contributed by atoms with van der Waals surface area (Å²) in [5.74, 6) is -3.75. The Kier molecular flexibility index (Phi) is 12.7. The van der Waals surface area contributed by atoms with Crippen molar-refractivity contribution < 1.29 is 37.4 Å². The highest BCUT2D eigenvalue weighted by Gasteiger charge is 2.27.